The summed E-state index contributed by atoms with van der Waals surface area (Å²) in [5.74, 6) is 0.0791. The lowest BCUT2D eigenvalue weighted by Crippen LogP contribution is -2.68. The molecule has 0 unspecified atom stereocenters. The lowest BCUT2D eigenvalue weighted by molar-refractivity contribution is -0.260. The van der Waals surface area contributed by atoms with E-state index in [-0.39, 0.29) is 5.91 Å². The summed E-state index contributed by atoms with van der Waals surface area (Å²) in [5.41, 5.74) is 0.818. The van der Waals surface area contributed by atoms with Crippen molar-refractivity contribution in [1.82, 2.24) is 0 Å². The summed E-state index contributed by atoms with van der Waals surface area (Å²) >= 11 is 0. The molecule has 43 heavy (non-hydrogen) atoms. The zero-order valence-corrected chi connectivity index (χ0v) is 34.4. The predicted octanol–water partition coefficient (Wildman–Crippen LogP) is 7.02. The van der Waals surface area contributed by atoms with Crippen molar-refractivity contribution in [2.45, 2.75) is 136 Å². The highest BCUT2D eigenvalue weighted by molar-refractivity contribution is 6.83. The normalized spacial score (nSPS) is 24.0. The van der Waals surface area contributed by atoms with E-state index in [0.717, 1.165) is 5.69 Å². The Labute approximate surface area is 265 Å². The molecule has 0 N–H and O–H groups in total. The highest BCUT2D eigenvalue weighted by atomic mass is 28.4. The summed E-state index contributed by atoms with van der Waals surface area (Å²) in [6.45, 7) is 32.8. The van der Waals surface area contributed by atoms with Crippen molar-refractivity contribution in [1.29, 1.82) is 0 Å². The first kappa shape index (κ1) is 38.1. The molecular weight excluding hydrogens is 631 g/mol. The molecule has 1 amide bonds. The Morgan fingerprint density at radius 1 is 0.651 bits per heavy atom. The van der Waals surface area contributed by atoms with Crippen LogP contribution in [0.5, 0.6) is 5.75 Å². The zero-order chi connectivity index (χ0) is 33.3. The van der Waals surface area contributed by atoms with Crippen LogP contribution in [0.25, 0.3) is 0 Å². The van der Waals surface area contributed by atoms with Gasteiger partial charge in [-0.3, -0.25) is 9.59 Å². The molecule has 2 rings (SSSR count). The van der Waals surface area contributed by atoms with Gasteiger partial charge < -0.3 is 31.7 Å². The van der Waals surface area contributed by atoms with Gasteiger partial charge in [-0.25, -0.2) is 0 Å². The van der Waals surface area contributed by atoms with E-state index in [1.54, 1.807) is 6.92 Å². The second-order valence-corrected chi connectivity index (χ2v) is 38.8. The van der Waals surface area contributed by atoms with Crippen LogP contribution in [0.3, 0.4) is 0 Å². The van der Waals surface area contributed by atoms with Gasteiger partial charge in [-0.05, 0) is 103 Å². The van der Waals surface area contributed by atoms with Crippen molar-refractivity contribution in [2.75, 3.05) is 4.57 Å². The number of hydrogen-bond acceptors (Lipinski definition) is 8. The molecule has 1 heterocycles. The fourth-order valence-corrected chi connectivity index (χ4v) is 10.7. The molecule has 0 radical (unpaired) electrons. The minimum atomic E-state index is -2.25. The number of anilines is 1. The summed E-state index contributed by atoms with van der Waals surface area (Å²) in [6.07, 6.45) is -3.98. The van der Waals surface area contributed by atoms with Crippen LogP contribution in [-0.4, -0.2) is 84.1 Å². The minimum absolute atomic E-state index is 0.00980. The van der Waals surface area contributed by atoms with E-state index in [1.807, 2.05) is 48.5 Å². The first-order valence-electron chi connectivity index (χ1n) is 15.2. The Hall–Kier alpha value is -1.12. The van der Waals surface area contributed by atoms with Crippen molar-refractivity contribution >= 4 is 59.1 Å². The molecule has 1 aromatic carbocycles. The van der Waals surface area contributed by atoms with Crippen molar-refractivity contribution in [2.24, 2.45) is 0 Å². The number of ether oxygens (including phenoxy) is 2. The lowest BCUT2D eigenvalue weighted by atomic mass is 9.99. The SMILES string of the molecule is CC(=O)N(c1ccc(O[C@@H]2O[C@H](C(=O)O[Si](C)(C)C)[C@@H](O[Si](C)(C)C)[C@H](O[Si](C)(C)C)[C@H]2O[Si](C)(C)C)cc1)[Si](C)(C)C. The number of nitrogens with zero attached hydrogens (tertiary/aromatic N) is 1. The molecular formula is C29H57NO8Si5. The van der Waals surface area contributed by atoms with E-state index in [2.05, 4.69) is 78.6 Å². The van der Waals surface area contributed by atoms with Gasteiger partial charge in [-0.2, -0.15) is 0 Å². The average Bonchev–Trinajstić information content (AvgIpc) is 2.73. The Morgan fingerprint density at radius 3 is 1.49 bits per heavy atom. The second kappa shape index (κ2) is 13.7. The monoisotopic (exact) mass is 687 g/mol. The van der Waals surface area contributed by atoms with E-state index in [1.165, 1.54) is 0 Å². The van der Waals surface area contributed by atoms with Gasteiger partial charge in [0, 0.05) is 12.6 Å². The van der Waals surface area contributed by atoms with Crippen molar-refractivity contribution in [3.63, 3.8) is 0 Å². The standard InChI is InChI=1S/C29H57NO8Si5/c1-21(31)30(39(2,3)4)22-17-19-23(20-18-22)33-29-27(37-42(11,12)13)25(36-41(8,9)10)24(35-40(5,6)7)26(34-29)28(32)38-43(14,15)16/h17-20,24-27,29H,1-16H3/t24-,25-,26-,27+,29+/m0/s1. The van der Waals surface area contributed by atoms with Crippen LogP contribution in [0.1, 0.15) is 6.92 Å². The van der Waals surface area contributed by atoms with E-state index in [4.69, 9.17) is 27.2 Å². The van der Waals surface area contributed by atoms with Gasteiger partial charge in [0.1, 0.15) is 24.1 Å². The highest BCUT2D eigenvalue weighted by Gasteiger charge is 2.55. The van der Waals surface area contributed by atoms with Gasteiger partial charge in [0.05, 0.1) is 0 Å². The van der Waals surface area contributed by atoms with Crippen LogP contribution in [-0.2, 0) is 32.0 Å². The summed E-state index contributed by atoms with van der Waals surface area (Å²) < 4.78 is 41.2. The third-order valence-corrected chi connectivity index (χ3v) is 11.6. The largest absolute Gasteiger partial charge is 0.518 e. The maximum atomic E-state index is 13.7. The number of amides is 1. The molecule has 1 saturated heterocycles. The summed E-state index contributed by atoms with van der Waals surface area (Å²) in [7, 11) is -10.8. The number of hydrogen-bond donors (Lipinski definition) is 0. The van der Waals surface area contributed by atoms with Gasteiger partial charge in [0.15, 0.2) is 39.3 Å². The smallest absolute Gasteiger partial charge is 0.324 e. The molecule has 0 saturated carbocycles. The molecule has 0 bridgehead atoms. The first-order valence-corrected chi connectivity index (χ1v) is 32.2. The molecule has 1 fully saturated rings. The Morgan fingerprint density at radius 2 is 1.09 bits per heavy atom. The number of carbonyl (C=O) groups is 2. The number of benzene rings is 1. The van der Waals surface area contributed by atoms with Crippen molar-refractivity contribution in [3.8, 4) is 5.75 Å². The average molecular weight is 688 g/mol. The molecule has 0 spiro atoms. The van der Waals surface area contributed by atoms with E-state index in [0.29, 0.717) is 5.75 Å². The Bertz CT molecular complexity index is 1100. The fourth-order valence-electron chi connectivity index (χ4n) is 4.92. The number of rotatable bonds is 12. The van der Waals surface area contributed by atoms with Crippen LogP contribution in [0.15, 0.2) is 24.3 Å². The maximum absolute atomic E-state index is 13.7. The third-order valence-electron chi connectivity index (χ3n) is 5.94. The third kappa shape index (κ3) is 12.3. The van der Waals surface area contributed by atoms with Gasteiger partial charge in [-0.1, -0.05) is 19.6 Å². The molecule has 1 aromatic rings. The minimum Gasteiger partial charge on any atom is -0.518 e. The molecule has 0 aromatic heterocycles. The Balaban J connectivity index is 2.63. The second-order valence-electron chi connectivity index (χ2n) is 16.2. The number of carbonyl (C=O) groups excluding carboxylic acids is 2. The topological polar surface area (TPSA) is 92.8 Å². The lowest BCUT2D eigenvalue weighted by Gasteiger charge is -2.49. The Kier molecular flexibility index (Phi) is 12.1. The van der Waals surface area contributed by atoms with E-state index in [9.17, 15) is 9.59 Å². The van der Waals surface area contributed by atoms with Crippen LogP contribution >= 0.6 is 0 Å². The quantitative estimate of drug-likeness (QED) is 0.217. The molecule has 1 aliphatic heterocycles. The highest BCUT2D eigenvalue weighted by Crippen LogP contribution is 2.36. The maximum Gasteiger partial charge on any atom is 0.324 e. The molecule has 9 nitrogen and oxygen atoms in total. The molecule has 14 heteroatoms. The van der Waals surface area contributed by atoms with Gasteiger partial charge in [0.2, 0.25) is 20.5 Å². The van der Waals surface area contributed by atoms with Crippen LogP contribution in [0.4, 0.5) is 5.69 Å². The van der Waals surface area contributed by atoms with Crippen LogP contribution in [0.2, 0.25) is 98.2 Å². The summed E-state index contributed by atoms with van der Waals surface area (Å²) in [6, 6.07) is 7.43. The van der Waals surface area contributed by atoms with Gasteiger partial charge >= 0.3 is 5.97 Å². The van der Waals surface area contributed by atoms with E-state index < -0.39 is 78.2 Å². The first-order chi connectivity index (χ1) is 19.2. The van der Waals surface area contributed by atoms with Gasteiger partial charge in [0.25, 0.3) is 0 Å². The van der Waals surface area contributed by atoms with Crippen LogP contribution in [0, 0.1) is 0 Å². The van der Waals surface area contributed by atoms with Crippen molar-refractivity contribution in [3.05, 3.63) is 24.3 Å². The fraction of sp³-hybridized carbons (Fsp3) is 0.724. The van der Waals surface area contributed by atoms with E-state index >= 15 is 0 Å². The molecule has 1 aliphatic rings. The van der Waals surface area contributed by atoms with Gasteiger partial charge in [-0.15, -0.1) is 0 Å². The molecule has 0 aliphatic carbocycles. The molecule has 246 valence electrons. The van der Waals surface area contributed by atoms with Crippen LogP contribution < -0.4 is 9.30 Å². The predicted molar refractivity (Wildman–Crippen MR) is 186 cm³/mol. The zero-order valence-electron chi connectivity index (χ0n) is 29.4. The summed E-state index contributed by atoms with van der Waals surface area (Å²) in [5, 5.41) is 0. The molecule has 5 atom stereocenters. The van der Waals surface area contributed by atoms with Crippen molar-refractivity contribution < 1.29 is 36.8 Å². The summed E-state index contributed by atoms with van der Waals surface area (Å²) in [4.78, 5) is 26.2.